The lowest BCUT2D eigenvalue weighted by Gasteiger charge is -2.32. The molecular formula is C51H34N4S2. The maximum atomic E-state index is 5.30. The number of para-hydroxylation sites is 2. The molecule has 0 saturated heterocycles. The number of rotatable bonds is 5. The zero-order valence-corrected chi connectivity index (χ0v) is 32.3. The number of benzene rings is 8. The number of hydrogen-bond acceptors (Lipinski definition) is 5. The Morgan fingerprint density at radius 2 is 1.09 bits per heavy atom. The molecule has 0 fully saturated rings. The van der Waals surface area contributed by atoms with Gasteiger partial charge < -0.3 is 9.88 Å². The number of hydrogen-bond donors (Lipinski definition) is 2. The van der Waals surface area contributed by atoms with Crippen molar-refractivity contribution in [1.29, 1.82) is 0 Å². The molecule has 0 radical (unpaired) electrons. The second-order valence-electron chi connectivity index (χ2n) is 14.7. The van der Waals surface area contributed by atoms with Gasteiger partial charge in [0.15, 0.2) is 0 Å². The molecule has 6 heteroatoms. The van der Waals surface area contributed by atoms with E-state index in [-0.39, 0.29) is 12.3 Å². The predicted molar refractivity (Wildman–Crippen MR) is 243 cm³/mol. The Hall–Kier alpha value is -6.57. The maximum absolute atomic E-state index is 5.30. The number of amidine groups is 1. The summed E-state index contributed by atoms with van der Waals surface area (Å²) in [6, 6.07) is 65.9. The van der Waals surface area contributed by atoms with Gasteiger partial charge in [-0.3, -0.25) is 5.32 Å². The topological polar surface area (TPSA) is 41.4 Å². The van der Waals surface area contributed by atoms with Crippen molar-refractivity contribution in [3.63, 3.8) is 0 Å². The minimum atomic E-state index is -0.179. The Morgan fingerprint density at radius 3 is 1.86 bits per heavy atom. The molecule has 3 aromatic heterocycles. The van der Waals surface area contributed by atoms with Crippen molar-refractivity contribution >= 4 is 90.7 Å². The van der Waals surface area contributed by atoms with E-state index in [9.17, 15) is 0 Å². The number of fused-ring (bicyclic) bond motifs is 9. The Balaban J connectivity index is 0.999. The third-order valence-electron chi connectivity index (χ3n) is 11.5. The highest BCUT2D eigenvalue weighted by Crippen LogP contribution is 2.46. The van der Waals surface area contributed by atoms with E-state index in [1.807, 2.05) is 22.7 Å². The van der Waals surface area contributed by atoms with E-state index < -0.39 is 0 Å². The molecule has 0 bridgehead atoms. The second-order valence-corrected chi connectivity index (χ2v) is 16.8. The highest BCUT2D eigenvalue weighted by atomic mass is 32.1. The van der Waals surface area contributed by atoms with Crippen molar-refractivity contribution in [2.45, 2.75) is 12.3 Å². The molecule has 1 aliphatic rings. The summed E-state index contributed by atoms with van der Waals surface area (Å²) in [7, 11) is 0. The Bertz CT molecular complexity index is 3320. The van der Waals surface area contributed by atoms with Crippen LogP contribution in [0.3, 0.4) is 0 Å². The average molecular weight is 767 g/mol. The number of nitrogens with one attached hydrogen (secondary N) is 2. The summed E-state index contributed by atoms with van der Waals surface area (Å²) in [4.78, 5) is 5.30. The van der Waals surface area contributed by atoms with E-state index in [1.54, 1.807) is 0 Å². The van der Waals surface area contributed by atoms with Gasteiger partial charge in [-0.2, -0.15) is 0 Å². The highest BCUT2D eigenvalue weighted by molar-refractivity contribution is 7.26. The first kappa shape index (κ1) is 32.7. The first-order chi connectivity index (χ1) is 28.3. The minimum absolute atomic E-state index is 0.0857. The molecule has 12 rings (SSSR count). The number of aromatic nitrogens is 1. The number of thiophene rings is 2. The van der Waals surface area contributed by atoms with Crippen LogP contribution in [0.15, 0.2) is 187 Å². The minimum Gasteiger partial charge on any atom is -0.350 e. The van der Waals surface area contributed by atoms with Crippen molar-refractivity contribution in [3.05, 3.63) is 199 Å². The van der Waals surface area contributed by atoms with E-state index in [0.29, 0.717) is 0 Å². The predicted octanol–water partition coefficient (Wildman–Crippen LogP) is 13.5. The summed E-state index contributed by atoms with van der Waals surface area (Å²) in [6.45, 7) is 0. The standard InChI is InChI=1S/C51H34N4S2/c1-3-14-31(15-4-1)49-52-50(32-16-5-2-6-17-32)54-51(53-49)39-23-12-21-37-40-30-33(28-29-44(40)56-48(37)39)34-20-11-22-38-46-43(26-13-27-45(46)57-47(34)38)55-41-24-9-7-18-35(41)36-19-8-10-25-42(36)55/h1-30,49-50,52H,(H,53,54). The largest absolute Gasteiger partial charge is 0.350 e. The van der Waals surface area contributed by atoms with Crippen LogP contribution in [-0.2, 0) is 0 Å². The van der Waals surface area contributed by atoms with Crippen LogP contribution in [0.2, 0.25) is 0 Å². The first-order valence-corrected chi connectivity index (χ1v) is 21.0. The van der Waals surface area contributed by atoms with Gasteiger partial charge in [-0.1, -0.05) is 140 Å². The van der Waals surface area contributed by atoms with E-state index in [1.165, 1.54) is 84.5 Å². The van der Waals surface area contributed by atoms with Crippen LogP contribution < -0.4 is 10.6 Å². The molecule has 2 unspecified atom stereocenters. The fourth-order valence-corrected chi connectivity index (χ4v) is 11.4. The normalized spacial score (nSPS) is 15.9. The molecule has 0 aliphatic carbocycles. The van der Waals surface area contributed by atoms with E-state index in [4.69, 9.17) is 4.99 Å². The van der Waals surface area contributed by atoms with Gasteiger partial charge in [0.05, 0.1) is 16.7 Å². The lowest BCUT2D eigenvalue weighted by Crippen LogP contribution is -2.44. The van der Waals surface area contributed by atoms with Crippen molar-refractivity contribution in [3.8, 4) is 16.8 Å². The average Bonchev–Trinajstić information content (AvgIpc) is 3.96. The third kappa shape index (κ3) is 5.19. The molecular weight excluding hydrogens is 733 g/mol. The van der Waals surface area contributed by atoms with Gasteiger partial charge in [0.1, 0.15) is 18.2 Å². The lowest BCUT2D eigenvalue weighted by atomic mass is 9.99. The molecule has 2 atom stereocenters. The summed E-state index contributed by atoms with van der Waals surface area (Å²) < 4.78 is 7.58. The van der Waals surface area contributed by atoms with Crippen LogP contribution in [-0.4, -0.2) is 10.4 Å². The van der Waals surface area contributed by atoms with Crippen molar-refractivity contribution < 1.29 is 0 Å². The van der Waals surface area contributed by atoms with Crippen molar-refractivity contribution in [2.24, 2.45) is 4.99 Å². The molecule has 4 nitrogen and oxygen atoms in total. The third-order valence-corrected chi connectivity index (χ3v) is 13.9. The van der Waals surface area contributed by atoms with Gasteiger partial charge >= 0.3 is 0 Å². The van der Waals surface area contributed by atoms with Gasteiger partial charge in [-0.05, 0) is 64.7 Å². The van der Waals surface area contributed by atoms with Crippen LogP contribution in [0.25, 0.3) is 79.0 Å². The molecule has 270 valence electrons. The molecule has 57 heavy (non-hydrogen) atoms. The van der Waals surface area contributed by atoms with Crippen molar-refractivity contribution in [2.75, 3.05) is 0 Å². The quantitative estimate of drug-likeness (QED) is 0.183. The Labute approximate surface area is 337 Å². The first-order valence-electron chi connectivity index (χ1n) is 19.4. The molecule has 4 heterocycles. The molecule has 0 saturated carbocycles. The fourth-order valence-electron chi connectivity index (χ4n) is 8.90. The highest BCUT2D eigenvalue weighted by Gasteiger charge is 2.27. The molecule has 8 aromatic carbocycles. The zero-order chi connectivity index (χ0) is 37.5. The molecule has 0 amide bonds. The summed E-state index contributed by atoms with van der Waals surface area (Å²) in [5, 5.41) is 15.2. The van der Waals surface area contributed by atoms with Crippen LogP contribution in [0, 0.1) is 0 Å². The van der Waals surface area contributed by atoms with Crippen LogP contribution >= 0.6 is 22.7 Å². The zero-order valence-electron chi connectivity index (χ0n) is 30.7. The second kappa shape index (κ2) is 13.0. The monoisotopic (exact) mass is 766 g/mol. The van der Waals surface area contributed by atoms with Gasteiger partial charge in [0.25, 0.3) is 0 Å². The van der Waals surface area contributed by atoms with Crippen LogP contribution in [0.1, 0.15) is 29.0 Å². The SMILES string of the molecule is c1ccc(C2N=C(c3cccc4c3sc3ccc(-c5cccc6c5sc5cccc(-n7c8ccccc8c8ccccc87)c56)cc34)NC(c3ccccc3)N2)cc1. The molecule has 11 aromatic rings. The van der Waals surface area contributed by atoms with Crippen LogP contribution in [0.5, 0.6) is 0 Å². The van der Waals surface area contributed by atoms with E-state index >= 15 is 0 Å². The number of nitrogens with zero attached hydrogens (tertiary/aromatic N) is 2. The van der Waals surface area contributed by atoms with Crippen LogP contribution in [0.4, 0.5) is 0 Å². The smallest absolute Gasteiger partial charge is 0.133 e. The summed E-state index contributed by atoms with van der Waals surface area (Å²) in [5.74, 6) is 0.905. The Kier molecular flexibility index (Phi) is 7.45. The van der Waals surface area contributed by atoms with E-state index in [0.717, 1.165) is 17.0 Å². The lowest BCUT2D eigenvalue weighted by molar-refractivity contribution is 0.409. The summed E-state index contributed by atoms with van der Waals surface area (Å²) in [6.07, 6.45) is -0.265. The van der Waals surface area contributed by atoms with E-state index in [2.05, 4.69) is 197 Å². The molecule has 0 spiro atoms. The molecule has 2 N–H and O–H groups in total. The van der Waals surface area contributed by atoms with Gasteiger partial charge in [-0.15, -0.1) is 22.7 Å². The summed E-state index contributed by atoms with van der Waals surface area (Å²) in [5.41, 5.74) is 9.62. The van der Waals surface area contributed by atoms with Crippen molar-refractivity contribution in [1.82, 2.24) is 15.2 Å². The number of aliphatic imine (C=N–C) groups is 1. The van der Waals surface area contributed by atoms with Gasteiger partial charge in [-0.25, -0.2) is 4.99 Å². The van der Waals surface area contributed by atoms with Gasteiger partial charge in [0.2, 0.25) is 0 Å². The maximum Gasteiger partial charge on any atom is 0.133 e. The Morgan fingerprint density at radius 1 is 0.474 bits per heavy atom. The molecule has 1 aliphatic heterocycles. The van der Waals surface area contributed by atoms with Gasteiger partial charge in [0, 0.05) is 56.7 Å². The fraction of sp³-hybridized carbons (Fsp3) is 0.0392. The summed E-state index contributed by atoms with van der Waals surface area (Å²) >= 11 is 3.74.